The number of aromatic nitrogens is 1. The zero-order chi connectivity index (χ0) is 13.0. The smallest absolute Gasteiger partial charge is 0.276 e. The Morgan fingerprint density at radius 1 is 1.59 bits per heavy atom. The van der Waals surface area contributed by atoms with Crippen molar-refractivity contribution in [3.8, 4) is 0 Å². The van der Waals surface area contributed by atoms with E-state index in [4.69, 9.17) is 0 Å². The number of pyridine rings is 1. The first-order valence-corrected chi connectivity index (χ1v) is 4.77. The zero-order valence-electron chi connectivity index (χ0n) is 9.35. The van der Waals surface area contributed by atoms with Crippen LogP contribution in [0.4, 0.5) is 26.1 Å². The third-order valence-electron chi connectivity index (χ3n) is 2.07. The van der Waals surface area contributed by atoms with E-state index >= 15 is 0 Å². The molecule has 17 heavy (non-hydrogen) atoms. The number of halogens is 2. The molecule has 0 saturated carbocycles. The average molecular weight is 246 g/mol. The Bertz CT molecular complexity index is 414. The summed E-state index contributed by atoms with van der Waals surface area (Å²) in [5.41, 5.74) is -0.194. The van der Waals surface area contributed by atoms with Crippen LogP contribution in [0.5, 0.6) is 0 Å². The predicted molar refractivity (Wildman–Crippen MR) is 59.7 cm³/mol. The van der Waals surface area contributed by atoms with Crippen LogP contribution >= 0.6 is 0 Å². The maximum atomic E-state index is 12.2. The van der Waals surface area contributed by atoms with Gasteiger partial charge < -0.3 is 10.2 Å². The summed E-state index contributed by atoms with van der Waals surface area (Å²) in [7, 11) is 2.95. The second-order valence-corrected chi connectivity index (χ2v) is 3.35. The van der Waals surface area contributed by atoms with Crippen LogP contribution in [0.15, 0.2) is 12.1 Å². The van der Waals surface area contributed by atoms with Gasteiger partial charge in [-0.15, -0.1) is 0 Å². The average Bonchev–Trinajstić information content (AvgIpc) is 2.27. The lowest BCUT2D eigenvalue weighted by Crippen LogP contribution is -2.25. The molecule has 94 valence electrons. The van der Waals surface area contributed by atoms with Crippen molar-refractivity contribution in [1.29, 1.82) is 0 Å². The molecule has 1 heterocycles. The third kappa shape index (κ3) is 3.51. The van der Waals surface area contributed by atoms with Crippen LogP contribution in [0.25, 0.3) is 0 Å². The summed E-state index contributed by atoms with van der Waals surface area (Å²) >= 11 is 0. The van der Waals surface area contributed by atoms with E-state index in [1.807, 2.05) is 0 Å². The van der Waals surface area contributed by atoms with Crippen molar-refractivity contribution in [3.05, 3.63) is 22.2 Å². The third-order valence-corrected chi connectivity index (χ3v) is 2.07. The van der Waals surface area contributed by atoms with E-state index < -0.39 is 17.9 Å². The number of hydrogen-bond acceptors (Lipinski definition) is 5. The van der Waals surface area contributed by atoms with Crippen molar-refractivity contribution < 1.29 is 13.7 Å². The van der Waals surface area contributed by atoms with Crippen LogP contribution in [0.3, 0.4) is 0 Å². The maximum absolute atomic E-state index is 12.2. The van der Waals surface area contributed by atoms with E-state index in [1.165, 1.54) is 18.0 Å². The van der Waals surface area contributed by atoms with Crippen LogP contribution < -0.4 is 10.2 Å². The topological polar surface area (TPSA) is 71.3 Å². The predicted octanol–water partition coefficient (Wildman–Crippen LogP) is 1.73. The molecule has 0 aromatic carbocycles. The van der Waals surface area contributed by atoms with Gasteiger partial charge in [0.1, 0.15) is 11.6 Å². The van der Waals surface area contributed by atoms with E-state index in [1.54, 1.807) is 7.05 Å². The molecule has 0 atom stereocenters. The van der Waals surface area contributed by atoms with Crippen LogP contribution in [0.1, 0.15) is 0 Å². The summed E-state index contributed by atoms with van der Waals surface area (Å²) in [4.78, 5) is 15.2. The Balaban J connectivity index is 3.06. The SMILES string of the molecule is CNc1cc([N+](=O)[O-])cc(N(C)CC(F)F)n1. The molecule has 0 fully saturated rings. The summed E-state index contributed by atoms with van der Waals surface area (Å²) in [6, 6.07) is 2.39. The molecule has 0 unspecified atom stereocenters. The number of nitrogens with zero attached hydrogens (tertiary/aromatic N) is 3. The first kappa shape index (κ1) is 13.1. The standard InChI is InChI=1S/C9H12F2N4O2/c1-12-8-3-6(15(16)17)4-9(13-8)14(2)5-7(10)11/h3-4,7H,5H2,1-2H3,(H,12,13). The fourth-order valence-corrected chi connectivity index (χ4v) is 1.23. The second-order valence-electron chi connectivity index (χ2n) is 3.35. The number of nitrogens with one attached hydrogen (secondary N) is 1. The molecule has 0 radical (unpaired) electrons. The van der Waals surface area contributed by atoms with Crippen LogP contribution in [-0.4, -0.2) is 37.0 Å². The molecule has 1 N–H and O–H groups in total. The van der Waals surface area contributed by atoms with Gasteiger partial charge in [0.05, 0.1) is 23.6 Å². The lowest BCUT2D eigenvalue weighted by atomic mass is 10.3. The highest BCUT2D eigenvalue weighted by Gasteiger charge is 2.15. The number of rotatable bonds is 5. The van der Waals surface area contributed by atoms with Gasteiger partial charge in [0.2, 0.25) is 0 Å². The molecular formula is C9H12F2N4O2. The van der Waals surface area contributed by atoms with Gasteiger partial charge in [-0.2, -0.15) is 0 Å². The Hall–Kier alpha value is -1.99. The molecule has 1 aromatic heterocycles. The number of alkyl halides is 2. The second kappa shape index (κ2) is 5.37. The summed E-state index contributed by atoms with van der Waals surface area (Å²) in [5.74, 6) is 0.388. The first-order chi connectivity index (χ1) is 7.93. The van der Waals surface area contributed by atoms with E-state index in [2.05, 4.69) is 10.3 Å². The zero-order valence-corrected chi connectivity index (χ0v) is 9.35. The molecular weight excluding hydrogens is 234 g/mol. The Morgan fingerprint density at radius 3 is 2.71 bits per heavy atom. The Morgan fingerprint density at radius 2 is 2.24 bits per heavy atom. The summed E-state index contributed by atoms with van der Waals surface area (Å²) in [6.07, 6.45) is -2.53. The minimum Gasteiger partial charge on any atom is -0.373 e. The molecule has 0 spiro atoms. The molecule has 6 nitrogen and oxygen atoms in total. The van der Waals surface area contributed by atoms with Gasteiger partial charge in [0, 0.05) is 14.1 Å². The minimum atomic E-state index is -2.53. The fourth-order valence-electron chi connectivity index (χ4n) is 1.23. The normalized spacial score (nSPS) is 10.4. The highest BCUT2D eigenvalue weighted by molar-refractivity contribution is 5.55. The Kier molecular flexibility index (Phi) is 4.13. The lowest BCUT2D eigenvalue weighted by Gasteiger charge is -2.17. The monoisotopic (exact) mass is 246 g/mol. The number of hydrogen-bond donors (Lipinski definition) is 1. The van der Waals surface area contributed by atoms with Gasteiger partial charge in [0.25, 0.3) is 12.1 Å². The van der Waals surface area contributed by atoms with Crippen LogP contribution in [0, 0.1) is 10.1 Å². The molecule has 0 saturated heterocycles. The molecule has 0 aliphatic heterocycles. The van der Waals surface area contributed by atoms with Gasteiger partial charge in [-0.05, 0) is 0 Å². The summed E-state index contributed by atoms with van der Waals surface area (Å²) in [5, 5.41) is 13.3. The number of nitro groups is 1. The van der Waals surface area contributed by atoms with Gasteiger partial charge in [-0.25, -0.2) is 13.8 Å². The van der Waals surface area contributed by atoms with Crippen molar-refractivity contribution in [1.82, 2.24) is 4.98 Å². The van der Waals surface area contributed by atoms with Gasteiger partial charge in [0.15, 0.2) is 0 Å². The van der Waals surface area contributed by atoms with E-state index in [-0.39, 0.29) is 17.3 Å². The number of anilines is 2. The van der Waals surface area contributed by atoms with Gasteiger partial charge >= 0.3 is 0 Å². The molecule has 0 amide bonds. The van der Waals surface area contributed by atoms with Crippen molar-refractivity contribution in [2.75, 3.05) is 30.9 Å². The minimum absolute atomic E-state index is 0.129. The quantitative estimate of drug-likeness (QED) is 0.632. The van der Waals surface area contributed by atoms with E-state index in [0.717, 1.165) is 6.07 Å². The van der Waals surface area contributed by atoms with Crippen molar-refractivity contribution in [2.45, 2.75) is 6.43 Å². The van der Waals surface area contributed by atoms with Gasteiger partial charge in [-0.1, -0.05) is 0 Å². The van der Waals surface area contributed by atoms with E-state index in [0.29, 0.717) is 0 Å². The largest absolute Gasteiger partial charge is 0.373 e. The molecule has 0 aliphatic carbocycles. The van der Waals surface area contributed by atoms with Gasteiger partial charge in [-0.3, -0.25) is 10.1 Å². The highest BCUT2D eigenvalue weighted by atomic mass is 19.3. The molecule has 0 bridgehead atoms. The summed E-state index contributed by atoms with van der Waals surface area (Å²) in [6.45, 7) is -0.530. The molecule has 1 rings (SSSR count). The van der Waals surface area contributed by atoms with Crippen molar-refractivity contribution in [3.63, 3.8) is 0 Å². The molecule has 8 heteroatoms. The first-order valence-electron chi connectivity index (χ1n) is 4.77. The van der Waals surface area contributed by atoms with Crippen molar-refractivity contribution >= 4 is 17.3 Å². The highest BCUT2D eigenvalue weighted by Crippen LogP contribution is 2.22. The molecule has 1 aromatic rings. The molecule has 0 aliphatic rings. The fraction of sp³-hybridized carbons (Fsp3) is 0.444. The Labute approximate surface area is 96.4 Å². The van der Waals surface area contributed by atoms with E-state index in [9.17, 15) is 18.9 Å². The summed E-state index contributed by atoms with van der Waals surface area (Å²) < 4.78 is 24.4. The maximum Gasteiger partial charge on any atom is 0.276 e. The van der Waals surface area contributed by atoms with Crippen LogP contribution in [-0.2, 0) is 0 Å². The van der Waals surface area contributed by atoms with Crippen molar-refractivity contribution in [2.24, 2.45) is 0 Å². The van der Waals surface area contributed by atoms with Crippen LogP contribution in [0.2, 0.25) is 0 Å². The lowest BCUT2D eigenvalue weighted by molar-refractivity contribution is -0.384.